The molecular weight excluding hydrogens is 466 g/mol. The lowest BCUT2D eigenvalue weighted by Gasteiger charge is -2.19. The van der Waals surface area contributed by atoms with Gasteiger partial charge in [-0.05, 0) is 62.2 Å². The van der Waals surface area contributed by atoms with Gasteiger partial charge in [0.2, 0.25) is 5.91 Å². The van der Waals surface area contributed by atoms with Gasteiger partial charge in [0.15, 0.2) is 0 Å². The topological polar surface area (TPSA) is 73.2 Å². The Labute approximate surface area is 208 Å². The van der Waals surface area contributed by atoms with Crippen LogP contribution in [0, 0.1) is 25.2 Å². The number of hydrogen-bond donors (Lipinski definition) is 1. The molecule has 34 heavy (non-hydrogen) atoms. The third-order valence-electron chi connectivity index (χ3n) is 5.44. The Morgan fingerprint density at radius 2 is 1.59 bits per heavy atom. The lowest BCUT2D eigenvalue weighted by Crippen LogP contribution is -2.30. The minimum atomic E-state index is -0.550. The molecule has 7 heteroatoms. The van der Waals surface area contributed by atoms with Crippen molar-refractivity contribution < 1.29 is 9.59 Å². The molecule has 4 rings (SSSR count). The van der Waals surface area contributed by atoms with Crippen molar-refractivity contribution in [2.75, 3.05) is 10.2 Å². The van der Waals surface area contributed by atoms with Gasteiger partial charge < -0.3 is 5.32 Å². The summed E-state index contributed by atoms with van der Waals surface area (Å²) in [5.41, 5.74) is 4.15. The van der Waals surface area contributed by atoms with Crippen molar-refractivity contribution in [3.8, 4) is 6.07 Å². The van der Waals surface area contributed by atoms with Crippen LogP contribution < -0.4 is 10.2 Å². The van der Waals surface area contributed by atoms with Crippen molar-refractivity contribution in [1.29, 1.82) is 5.26 Å². The average molecular weight is 488 g/mol. The van der Waals surface area contributed by atoms with E-state index in [1.807, 2.05) is 68.4 Å². The molecule has 1 aliphatic heterocycles. The van der Waals surface area contributed by atoms with E-state index < -0.39 is 11.2 Å². The van der Waals surface area contributed by atoms with Gasteiger partial charge in [-0.1, -0.05) is 70.9 Å². The number of benzene rings is 3. The second kappa shape index (κ2) is 10.2. The maximum atomic E-state index is 13.5. The summed E-state index contributed by atoms with van der Waals surface area (Å²) in [6.07, 6.45) is 0.449. The molecule has 0 aliphatic carbocycles. The van der Waals surface area contributed by atoms with Gasteiger partial charge in [0.25, 0.3) is 5.91 Å². The van der Waals surface area contributed by atoms with Crippen LogP contribution in [-0.2, 0) is 16.0 Å². The first kappa shape index (κ1) is 23.6. The van der Waals surface area contributed by atoms with Gasteiger partial charge in [-0.15, -0.1) is 0 Å². The Kier molecular flexibility index (Phi) is 7.06. The molecule has 3 aromatic rings. The number of hydrogen-bond acceptors (Lipinski definition) is 4. The van der Waals surface area contributed by atoms with E-state index >= 15 is 0 Å². The van der Waals surface area contributed by atoms with Gasteiger partial charge in [-0.25, -0.2) is 0 Å². The first-order valence-electron chi connectivity index (χ1n) is 10.7. The molecule has 1 atom stereocenters. The van der Waals surface area contributed by atoms with E-state index in [2.05, 4.69) is 5.32 Å². The molecule has 1 unspecified atom stereocenters. The highest BCUT2D eigenvalue weighted by atomic mass is 35.5. The Morgan fingerprint density at radius 3 is 2.18 bits per heavy atom. The number of nitriles is 1. The number of amides is 2. The first-order valence-corrected chi connectivity index (χ1v) is 12.0. The standard InChI is InChI=1S/C27H22ClN3O2S/c1-17-3-11-21(12-4-17)30-25(32)23(16-29)27-31(22-13-5-18(2)6-14-22)26(33)24(34-27)15-19-7-9-20(28)10-8-19/h3-14,24H,15H2,1-2H3,(H,30,32). The zero-order chi connectivity index (χ0) is 24.2. The second-order valence-corrected chi connectivity index (χ2v) is 9.69. The smallest absolute Gasteiger partial charge is 0.269 e. The monoisotopic (exact) mass is 487 g/mol. The summed E-state index contributed by atoms with van der Waals surface area (Å²) >= 11 is 7.24. The number of carbonyl (C=O) groups excluding carboxylic acids is 2. The quantitative estimate of drug-likeness (QED) is 0.352. The molecule has 1 N–H and O–H groups in total. The van der Waals surface area contributed by atoms with Gasteiger partial charge in [0.05, 0.1) is 5.25 Å². The van der Waals surface area contributed by atoms with Crippen molar-refractivity contribution in [1.82, 2.24) is 0 Å². The molecule has 0 bridgehead atoms. The van der Waals surface area contributed by atoms with E-state index in [0.717, 1.165) is 16.7 Å². The average Bonchev–Trinajstić information content (AvgIpc) is 3.13. The van der Waals surface area contributed by atoms with Crippen LogP contribution in [0.25, 0.3) is 0 Å². The minimum absolute atomic E-state index is 0.0990. The minimum Gasteiger partial charge on any atom is -0.321 e. The molecular formula is C27H22ClN3O2S. The van der Waals surface area contributed by atoms with Crippen LogP contribution >= 0.6 is 23.4 Å². The van der Waals surface area contributed by atoms with Crippen molar-refractivity contribution in [2.45, 2.75) is 25.5 Å². The number of carbonyl (C=O) groups is 2. The molecule has 5 nitrogen and oxygen atoms in total. The first-order chi connectivity index (χ1) is 16.4. The molecule has 1 saturated heterocycles. The van der Waals surface area contributed by atoms with E-state index in [0.29, 0.717) is 27.8 Å². The van der Waals surface area contributed by atoms with Crippen LogP contribution in [0.3, 0.4) is 0 Å². The number of nitrogens with one attached hydrogen (secondary N) is 1. The van der Waals surface area contributed by atoms with E-state index in [-0.39, 0.29) is 11.5 Å². The Balaban J connectivity index is 1.71. The van der Waals surface area contributed by atoms with E-state index in [9.17, 15) is 14.9 Å². The molecule has 0 aromatic heterocycles. The highest BCUT2D eigenvalue weighted by Crippen LogP contribution is 2.42. The van der Waals surface area contributed by atoms with Crippen LogP contribution in [0.2, 0.25) is 5.02 Å². The van der Waals surface area contributed by atoms with E-state index in [4.69, 9.17) is 11.6 Å². The summed E-state index contributed by atoms with van der Waals surface area (Å²) < 4.78 is 0. The highest BCUT2D eigenvalue weighted by molar-refractivity contribution is 8.05. The van der Waals surface area contributed by atoms with E-state index in [1.54, 1.807) is 24.3 Å². The predicted octanol–water partition coefficient (Wildman–Crippen LogP) is 6.02. The lowest BCUT2D eigenvalue weighted by molar-refractivity contribution is -0.117. The predicted molar refractivity (Wildman–Crippen MR) is 138 cm³/mol. The van der Waals surface area contributed by atoms with Gasteiger partial charge in [0.1, 0.15) is 16.7 Å². The van der Waals surface area contributed by atoms with Crippen LogP contribution in [0.5, 0.6) is 0 Å². The Morgan fingerprint density at radius 1 is 1.00 bits per heavy atom. The van der Waals surface area contributed by atoms with Crippen molar-refractivity contribution >= 4 is 46.6 Å². The molecule has 0 saturated carbocycles. The normalized spacial score (nSPS) is 16.8. The third-order valence-corrected chi connectivity index (χ3v) is 6.96. The molecule has 0 radical (unpaired) electrons. The Hall–Kier alpha value is -3.53. The number of thioether (sulfide) groups is 1. The van der Waals surface area contributed by atoms with Crippen LogP contribution in [0.15, 0.2) is 83.4 Å². The zero-order valence-electron chi connectivity index (χ0n) is 18.7. The summed E-state index contributed by atoms with van der Waals surface area (Å²) in [5.74, 6) is -0.722. The van der Waals surface area contributed by atoms with Crippen LogP contribution in [-0.4, -0.2) is 17.1 Å². The zero-order valence-corrected chi connectivity index (χ0v) is 20.3. The molecule has 0 spiro atoms. The van der Waals surface area contributed by atoms with Crippen molar-refractivity contribution in [3.05, 3.63) is 105 Å². The number of halogens is 1. The number of rotatable bonds is 5. The number of anilines is 2. The Bertz CT molecular complexity index is 1290. The van der Waals surface area contributed by atoms with Crippen molar-refractivity contribution in [3.63, 3.8) is 0 Å². The van der Waals surface area contributed by atoms with Crippen LogP contribution in [0.1, 0.15) is 16.7 Å². The van der Waals surface area contributed by atoms with Crippen LogP contribution in [0.4, 0.5) is 11.4 Å². The summed E-state index contributed by atoms with van der Waals surface area (Å²) in [4.78, 5) is 28.1. The largest absolute Gasteiger partial charge is 0.321 e. The second-order valence-electron chi connectivity index (χ2n) is 8.06. The van der Waals surface area contributed by atoms with Gasteiger partial charge in [-0.2, -0.15) is 5.26 Å². The SMILES string of the molecule is Cc1ccc(NC(=O)C(C#N)=C2SC(Cc3ccc(Cl)cc3)C(=O)N2c2ccc(C)cc2)cc1. The van der Waals surface area contributed by atoms with E-state index in [1.165, 1.54) is 16.7 Å². The summed E-state index contributed by atoms with van der Waals surface area (Å²) in [6, 6.07) is 24.1. The maximum Gasteiger partial charge on any atom is 0.269 e. The fourth-order valence-electron chi connectivity index (χ4n) is 3.58. The summed E-state index contributed by atoms with van der Waals surface area (Å²) in [5, 5.41) is 13.2. The van der Waals surface area contributed by atoms with Gasteiger partial charge in [0, 0.05) is 16.4 Å². The lowest BCUT2D eigenvalue weighted by atomic mass is 10.1. The maximum absolute atomic E-state index is 13.5. The highest BCUT2D eigenvalue weighted by Gasteiger charge is 2.40. The van der Waals surface area contributed by atoms with Gasteiger partial charge in [-0.3, -0.25) is 14.5 Å². The number of aryl methyl sites for hydroxylation is 2. The fraction of sp³-hybridized carbons (Fsp3) is 0.148. The number of nitrogens with zero attached hydrogens (tertiary/aromatic N) is 2. The van der Waals surface area contributed by atoms with Gasteiger partial charge >= 0.3 is 0 Å². The fourth-order valence-corrected chi connectivity index (χ4v) is 5.02. The molecule has 2 amide bonds. The molecule has 1 aliphatic rings. The summed E-state index contributed by atoms with van der Waals surface area (Å²) in [6.45, 7) is 3.91. The molecule has 3 aromatic carbocycles. The third kappa shape index (κ3) is 5.17. The summed E-state index contributed by atoms with van der Waals surface area (Å²) in [7, 11) is 0. The molecule has 1 heterocycles. The molecule has 1 fully saturated rings. The molecule has 170 valence electrons. The van der Waals surface area contributed by atoms with Crippen molar-refractivity contribution in [2.24, 2.45) is 0 Å².